The van der Waals surface area contributed by atoms with Crippen LogP contribution >= 0.6 is 0 Å². The van der Waals surface area contributed by atoms with E-state index in [9.17, 15) is 9.59 Å². The van der Waals surface area contributed by atoms with E-state index in [-0.39, 0.29) is 23.9 Å². The van der Waals surface area contributed by atoms with Crippen molar-refractivity contribution in [1.82, 2.24) is 14.7 Å². The summed E-state index contributed by atoms with van der Waals surface area (Å²) in [6.07, 6.45) is 1.73. The van der Waals surface area contributed by atoms with Crippen molar-refractivity contribution < 1.29 is 9.59 Å². The number of urea groups is 1. The lowest BCUT2D eigenvalue weighted by Crippen LogP contribution is -2.41. The number of carbonyl (C=O) groups excluding carboxylic acids is 2. The van der Waals surface area contributed by atoms with Crippen LogP contribution in [-0.2, 0) is 10.2 Å². The molecule has 2 aromatic carbocycles. The number of aromatic nitrogens is 2. The molecule has 0 radical (unpaired) electrons. The maximum Gasteiger partial charge on any atom is 0.322 e. The van der Waals surface area contributed by atoms with Crippen molar-refractivity contribution in [3.63, 3.8) is 0 Å². The molecule has 0 fully saturated rings. The molecule has 3 amide bonds. The number of amides is 3. The van der Waals surface area contributed by atoms with E-state index in [4.69, 9.17) is 5.10 Å². The van der Waals surface area contributed by atoms with E-state index in [2.05, 4.69) is 51.3 Å². The number of unbranched alkanes of at least 4 members (excludes halogenated alkanes) is 1. The second-order valence-electron chi connectivity index (χ2n) is 9.99. The SMILES string of the molecule is CCCCN(CC(=O)Nc1cc(C(C)(C)C)nn1-c1ccc(C)cc1C)C(=O)Nc1ccccc1. The summed E-state index contributed by atoms with van der Waals surface area (Å²) in [5.41, 5.74) is 4.52. The van der Waals surface area contributed by atoms with E-state index in [1.165, 1.54) is 0 Å². The Hall–Kier alpha value is -3.61. The number of nitrogens with one attached hydrogen (secondary N) is 2. The number of benzene rings is 2. The molecule has 7 heteroatoms. The second-order valence-corrected chi connectivity index (χ2v) is 9.99. The molecule has 0 saturated carbocycles. The van der Waals surface area contributed by atoms with Gasteiger partial charge in [0, 0.05) is 23.7 Å². The molecule has 1 aromatic heterocycles. The molecule has 0 saturated heterocycles. The lowest BCUT2D eigenvalue weighted by Gasteiger charge is -2.22. The van der Waals surface area contributed by atoms with E-state index in [0.29, 0.717) is 18.1 Å². The van der Waals surface area contributed by atoms with Crippen molar-refractivity contribution >= 4 is 23.4 Å². The molecule has 186 valence electrons. The molecule has 35 heavy (non-hydrogen) atoms. The molecule has 1 heterocycles. The zero-order valence-electron chi connectivity index (χ0n) is 21.7. The van der Waals surface area contributed by atoms with Gasteiger partial charge in [0.1, 0.15) is 12.4 Å². The highest BCUT2D eigenvalue weighted by Gasteiger charge is 2.23. The molecular weight excluding hydrogens is 438 g/mol. The van der Waals surface area contributed by atoms with Gasteiger partial charge in [0.15, 0.2) is 0 Å². The first kappa shape index (κ1) is 26.0. The number of hydrogen-bond acceptors (Lipinski definition) is 3. The summed E-state index contributed by atoms with van der Waals surface area (Å²) in [7, 11) is 0. The number of anilines is 2. The fraction of sp³-hybridized carbons (Fsp3) is 0.393. The minimum absolute atomic E-state index is 0.0540. The average molecular weight is 476 g/mol. The minimum atomic E-state index is -0.293. The Kier molecular flexibility index (Phi) is 8.33. The van der Waals surface area contributed by atoms with Crippen LogP contribution in [0.1, 0.15) is 57.4 Å². The number of hydrogen-bond donors (Lipinski definition) is 2. The van der Waals surface area contributed by atoms with Crippen LogP contribution in [0.25, 0.3) is 5.69 Å². The highest BCUT2D eigenvalue weighted by molar-refractivity contribution is 5.96. The Morgan fingerprint density at radius 2 is 1.71 bits per heavy atom. The van der Waals surface area contributed by atoms with Gasteiger partial charge in [0.2, 0.25) is 5.91 Å². The van der Waals surface area contributed by atoms with Gasteiger partial charge in [-0.25, -0.2) is 9.48 Å². The number of rotatable bonds is 8. The monoisotopic (exact) mass is 475 g/mol. The molecule has 0 atom stereocenters. The van der Waals surface area contributed by atoms with Gasteiger partial charge in [-0.1, -0.05) is 70.0 Å². The van der Waals surface area contributed by atoms with Crippen molar-refractivity contribution in [3.05, 3.63) is 71.4 Å². The predicted molar refractivity (Wildman–Crippen MR) is 142 cm³/mol. The third-order valence-electron chi connectivity index (χ3n) is 5.75. The quantitative estimate of drug-likeness (QED) is 0.416. The zero-order chi connectivity index (χ0) is 25.6. The summed E-state index contributed by atoms with van der Waals surface area (Å²) in [6, 6.07) is 17.0. The number of para-hydroxylation sites is 1. The number of aryl methyl sites for hydroxylation is 2. The van der Waals surface area contributed by atoms with Gasteiger partial charge >= 0.3 is 6.03 Å². The fourth-order valence-electron chi connectivity index (χ4n) is 3.74. The molecule has 3 rings (SSSR count). The largest absolute Gasteiger partial charge is 0.322 e. The van der Waals surface area contributed by atoms with Gasteiger partial charge in [0.05, 0.1) is 11.4 Å². The van der Waals surface area contributed by atoms with Crippen molar-refractivity contribution in [2.45, 2.75) is 59.8 Å². The minimum Gasteiger partial charge on any atom is -0.315 e. The number of nitrogens with zero attached hydrogens (tertiary/aromatic N) is 3. The van der Waals surface area contributed by atoms with Crippen LogP contribution in [0.5, 0.6) is 0 Å². The van der Waals surface area contributed by atoms with Gasteiger partial charge in [-0.3, -0.25) is 4.79 Å². The summed E-state index contributed by atoms with van der Waals surface area (Å²) < 4.78 is 1.79. The molecule has 0 unspecified atom stereocenters. The first-order valence-electron chi connectivity index (χ1n) is 12.2. The second kappa shape index (κ2) is 11.2. The number of carbonyl (C=O) groups is 2. The topological polar surface area (TPSA) is 79.3 Å². The normalized spacial score (nSPS) is 11.3. The molecule has 0 aliphatic rings. The maximum absolute atomic E-state index is 13.2. The van der Waals surface area contributed by atoms with Gasteiger partial charge < -0.3 is 15.5 Å². The van der Waals surface area contributed by atoms with Crippen LogP contribution in [0.3, 0.4) is 0 Å². The summed E-state index contributed by atoms with van der Waals surface area (Å²) in [5, 5.41) is 10.7. The van der Waals surface area contributed by atoms with E-state index >= 15 is 0 Å². The maximum atomic E-state index is 13.2. The first-order valence-corrected chi connectivity index (χ1v) is 12.2. The Bertz CT molecular complexity index is 1160. The lowest BCUT2D eigenvalue weighted by molar-refractivity contribution is -0.116. The molecule has 0 bridgehead atoms. The molecule has 0 spiro atoms. The Morgan fingerprint density at radius 3 is 2.34 bits per heavy atom. The summed E-state index contributed by atoms with van der Waals surface area (Å²) >= 11 is 0. The molecule has 2 N–H and O–H groups in total. The smallest absolute Gasteiger partial charge is 0.315 e. The van der Waals surface area contributed by atoms with Gasteiger partial charge in [-0.15, -0.1) is 0 Å². The van der Waals surface area contributed by atoms with E-state index < -0.39 is 0 Å². The van der Waals surface area contributed by atoms with Crippen molar-refractivity contribution in [1.29, 1.82) is 0 Å². The Morgan fingerprint density at radius 1 is 1.00 bits per heavy atom. The fourth-order valence-corrected chi connectivity index (χ4v) is 3.74. The third-order valence-corrected chi connectivity index (χ3v) is 5.75. The molecule has 0 aliphatic heterocycles. The van der Waals surface area contributed by atoms with Crippen molar-refractivity contribution in [3.8, 4) is 5.69 Å². The molecule has 0 aliphatic carbocycles. The van der Waals surface area contributed by atoms with Crippen LogP contribution in [0, 0.1) is 13.8 Å². The van der Waals surface area contributed by atoms with Crippen LogP contribution in [-0.4, -0.2) is 39.7 Å². The first-order chi connectivity index (χ1) is 16.6. The van der Waals surface area contributed by atoms with Gasteiger partial charge in [-0.2, -0.15) is 5.10 Å². The van der Waals surface area contributed by atoms with Gasteiger partial charge in [-0.05, 0) is 44.0 Å². The van der Waals surface area contributed by atoms with Crippen LogP contribution < -0.4 is 10.6 Å². The van der Waals surface area contributed by atoms with Crippen LogP contribution in [0.2, 0.25) is 0 Å². The average Bonchev–Trinajstić information content (AvgIpc) is 3.21. The highest BCUT2D eigenvalue weighted by atomic mass is 16.2. The van der Waals surface area contributed by atoms with Crippen LogP contribution in [0.4, 0.5) is 16.3 Å². The zero-order valence-corrected chi connectivity index (χ0v) is 21.7. The summed E-state index contributed by atoms with van der Waals surface area (Å²) in [5.74, 6) is 0.321. The van der Waals surface area contributed by atoms with Crippen molar-refractivity contribution in [2.24, 2.45) is 0 Å². The standard InChI is InChI=1S/C28H37N5O2/c1-7-8-16-32(27(35)29-22-12-10-9-11-13-22)19-26(34)30-25-18-24(28(4,5)6)31-33(25)23-15-14-20(2)17-21(23)3/h9-15,17-18H,7-8,16,19H2,1-6H3,(H,29,35)(H,30,34). The predicted octanol–water partition coefficient (Wildman–Crippen LogP) is 6.06. The summed E-state index contributed by atoms with van der Waals surface area (Å²) in [4.78, 5) is 27.6. The highest BCUT2D eigenvalue weighted by Crippen LogP contribution is 2.27. The molecule has 7 nitrogen and oxygen atoms in total. The Labute approximate surface area is 208 Å². The third kappa shape index (κ3) is 6.94. The van der Waals surface area contributed by atoms with E-state index in [1.807, 2.05) is 55.5 Å². The Balaban J connectivity index is 1.83. The van der Waals surface area contributed by atoms with E-state index in [0.717, 1.165) is 35.3 Å². The molecule has 3 aromatic rings. The van der Waals surface area contributed by atoms with Gasteiger partial charge in [0.25, 0.3) is 0 Å². The van der Waals surface area contributed by atoms with Crippen molar-refractivity contribution in [2.75, 3.05) is 23.7 Å². The van der Waals surface area contributed by atoms with Crippen LogP contribution in [0.15, 0.2) is 54.6 Å². The molecular formula is C28H37N5O2. The van der Waals surface area contributed by atoms with E-state index in [1.54, 1.807) is 9.58 Å². The summed E-state index contributed by atoms with van der Waals surface area (Å²) in [6.45, 7) is 12.9. The lowest BCUT2D eigenvalue weighted by atomic mass is 9.92.